The van der Waals surface area contributed by atoms with E-state index >= 15 is 0 Å². The molecular weight excluding hydrogens is 449 g/mol. The number of aromatic nitrogens is 2. The quantitative estimate of drug-likeness (QED) is 0.411. The van der Waals surface area contributed by atoms with Crippen LogP contribution in [0.3, 0.4) is 0 Å². The molecule has 7 nitrogen and oxygen atoms in total. The van der Waals surface area contributed by atoms with Gasteiger partial charge in [-0.05, 0) is 41.2 Å². The summed E-state index contributed by atoms with van der Waals surface area (Å²) in [4.78, 5) is 20.8. The zero-order valence-electron chi connectivity index (χ0n) is 14.2. The minimum absolute atomic E-state index is 0.0194. The summed E-state index contributed by atoms with van der Waals surface area (Å²) in [5, 5.41) is 7.68. The lowest BCUT2D eigenvalue weighted by atomic mass is 10.2. The number of alkyl halides is 2. The van der Waals surface area contributed by atoms with Crippen molar-refractivity contribution in [2.45, 2.75) is 12.8 Å². The zero-order chi connectivity index (χ0) is 20.6. The van der Waals surface area contributed by atoms with Crippen LogP contribution < -0.4 is 20.1 Å². The van der Waals surface area contributed by atoms with E-state index in [1.807, 2.05) is 0 Å². The Morgan fingerprint density at radius 3 is 2.72 bits per heavy atom. The number of hydrogen-bond donors (Lipinski definition) is 2. The van der Waals surface area contributed by atoms with Crippen LogP contribution in [0.2, 0.25) is 10.4 Å². The van der Waals surface area contributed by atoms with E-state index in [2.05, 4.69) is 30.1 Å². The highest BCUT2D eigenvalue weighted by Crippen LogP contribution is 2.42. The van der Waals surface area contributed by atoms with Gasteiger partial charge in [0.05, 0.1) is 17.9 Å². The van der Waals surface area contributed by atoms with Crippen LogP contribution in [0.15, 0.2) is 35.7 Å². The average Bonchev–Trinajstić information content (AvgIpc) is 3.21. The molecular formula is C17H10Cl2F2N4O3S. The standard InChI is InChI=1S/C17H10Cl2F2N4O3S/c18-13-6-9(24-16(19)25-13)7-22-10-3-4-29-14(10)15(26)23-8-1-2-11-12(5-8)28-17(20,21)27-11/h1-6,22H,7H2,(H,23,26). The number of anilines is 2. The summed E-state index contributed by atoms with van der Waals surface area (Å²) in [5.41, 5.74) is 1.39. The van der Waals surface area contributed by atoms with Crippen molar-refractivity contribution in [1.82, 2.24) is 9.97 Å². The van der Waals surface area contributed by atoms with Crippen LogP contribution in [0.5, 0.6) is 11.5 Å². The molecule has 29 heavy (non-hydrogen) atoms. The van der Waals surface area contributed by atoms with Gasteiger partial charge in [-0.15, -0.1) is 20.1 Å². The maximum atomic E-state index is 13.1. The number of rotatable bonds is 5. The highest BCUT2D eigenvalue weighted by Gasteiger charge is 2.43. The number of carbonyl (C=O) groups is 1. The van der Waals surface area contributed by atoms with E-state index in [4.69, 9.17) is 23.2 Å². The Morgan fingerprint density at radius 2 is 1.93 bits per heavy atom. The molecule has 1 amide bonds. The Kier molecular flexibility index (Phi) is 5.15. The molecule has 12 heteroatoms. The maximum Gasteiger partial charge on any atom is 0.586 e. The Hall–Kier alpha value is -2.69. The van der Waals surface area contributed by atoms with Gasteiger partial charge in [-0.25, -0.2) is 9.97 Å². The van der Waals surface area contributed by atoms with Crippen LogP contribution in [0.25, 0.3) is 0 Å². The highest BCUT2D eigenvalue weighted by atomic mass is 35.5. The lowest BCUT2D eigenvalue weighted by Crippen LogP contribution is -2.25. The predicted molar refractivity (Wildman–Crippen MR) is 104 cm³/mol. The number of nitrogens with zero attached hydrogens (tertiary/aromatic N) is 2. The van der Waals surface area contributed by atoms with E-state index in [1.54, 1.807) is 17.5 Å². The molecule has 3 heterocycles. The molecule has 1 aliphatic rings. The van der Waals surface area contributed by atoms with Crippen LogP contribution in [0.1, 0.15) is 15.4 Å². The van der Waals surface area contributed by atoms with Gasteiger partial charge in [-0.3, -0.25) is 4.79 Å². The molecule has 0 atom stereocenters. The number of carbonyl (C=O) groups excluding carboxylic acids is 1. The molecule has 0 saturated heterocycles. The second-order valence-corrected chi connectivity index (χ2v) is 7.39. The molecule has 0 aliphatic carbocycles. The smallest absolute Gasteiger partial charge is 0.395 e. The number of nitrogens with one attached hydrogen (secondary N) is 2. The van der Waals surface area contributed by atoms with Crippen molar-refractivity contribution in [3.05, 3.63) is 56.7 Å². The molecule has 0 unspecified atom stereocenters. The fourth-order valence-electron chi connectivity index (χ4n) is 2.55. The van der Waals surface area contributed by atoms with Gasteiger partial charge in [0.15, 0.2) is 11.5 Å². The molecule has 1 aromatic carbocycles. The first-order chi connectivity index (χ1) is 13.8. The molecule has 0 radical (unpaired) electrons. The lowest BCUT2D eigenvalue weighted by Gasteiger charge is -2.09. The SMILES string of the molecule is O=C(Nc1ccc2c(c1)OC(F)(F)O2)c1sccc1NCc1cc(Cl)nc(Cl)n1. The minimum Gasteiger partial charge on any atom is -0.395 e. The molecule has 1 aliphatic heterocycles. The van der Waals surface area contributed by atoms with Crippen molar-refractivity contribution in [1.29, 1.82) is 0 Å². The van der Waals surface area contributed by atoms with Crippen molar-refractivity contribution in [3.63, 3.8) is 0 Å². The molecule has 150 valence electrons. The van der Waals surface area contributed by atoms with Crippen molar-refractivity contribution < 1.29 is 23.0 Å². The monoisotopic (exact) mass is 458 g/mol. The van der Waals surface area contributed by atoms with Crippen LogP contribution in [0, 0.1) is 0 Å². The molecule has 4 rings (SSSR count). The number of benzene rings is 1. The summed E-state index contributed by atoms with van der Waals surface area (Å²) >= 11 is 12.8. The number of hydrogen-bond acceptors (Lipinski definition) is 7. The van der Waals surface area contributed by atoms with Gasteiger partial charge in [0.25, 0.3) is 5.91 Å². The number of halogens is 4. The Morgan fingerprint density at radius 1 is 1.14 bits per heavy atom. The largest absolute Gasteiger partial charge is 0.586 e. The fraction of sp³-hybridized carbons (Fsp3) is 0.118. The van der Waals surface area contributed by atoms with E-state index in [1.165, 1.54) is 29.5 Å². The van der Waals surface area contributed by atoms with Gasteiger partial charge >= 0.3 is 6.29 Å². The van der Waals surface area contributed by atoms with Gasteiger partial charge in [-0.2, -0.15) is 0 Å². The normalized spacial score (nSPS) is 13.9. The summed E-state index contributed by atoms with van der Waals surface area (Å²) in [7, 11) is 0. The third-order valence-corrected chi connectivity index (χ3v) is 4.99. The first-order valence-electron chi connectivity index (χ1n) is 8.01. The van der Waals surface area contributed by atoms with E-state index in [9.17, 15) is 13.6 Å². The van der Waals surface area contributed by atoms with E-state index in [0.29, 0.717) is 16.3 Å². The summed E-state index contributed by atoms with van der Waals surface area (Å²) in [5.74, 6) is -0.685. The van der Waals surface area contributed by atoms with Gasteiger partial charge in [0.2, 0.25) is 5.28 Å². The van der Waals surface area contributed by atoms with E-state index in [0.717, 1.165) is 0 Å². The summed E-state index contributed by atoms with van der Waals surface area (Å²) in [6.07, 6.45) is -3.72. The summed E-state index contributed by atoms with van der Waals surface area (Å²) in [6, 6.07) is 7.27. The fourth-order valence-corrected chi connectivity index (χ4v) is 3.76. The lowest BCUT2D eigenvalue weighted by molar-refractivity contribution is -0.286. The van der Waals surface area contributed by atoms with E-state index < -0.39 is 12.2 Å². The molecule has 0 saturated carbocycles. The van der Waals surface area contributed by atoms with Crippen molar-refractivity contribution in [3.8, 4) is 11.5 Å². The Labute approximate surface area is 176 Å². The third kappa shape index (κ3) is 4.50. The zero-order valence-corrected chi connectivity index (χ0v) is 16.5. The van der Waals surface area contributed by atoms with Crippen molar-refractivity contribution >= 4 is 51.8 Å². The first-order valence-corrected chi connectivity index (χ1v) is 9.64. The molecule has 3 aromatic rings. The van der Waals surface area contributed by atoms with Crippen LogP contribution in [0.4, 0.5) is 20.2 Å². The van der Waals surface area contributed by atoms with Crippen LogP contribution >= 0.6 is 34.5 Å². The number of ether oxygens (including phenoxy) is 2. The number of amides is 1. The van der Waals surface area contributed by atoms with Crippen LogP contribution in [-0.2, 0) is 6.54 Å². The second-order valence-electron chi connectivity index (χ2n) is 5.75. The summed E-state index contributed by atoms with van der Waals surface area (Å²) in [6.45, 7) is 0.262. The first kappa shape index (κ1) is 19.6. The molecule has 2 N–H and O–H groups in total. The predicted octanol–water partition coefficient (Wildman–Crippen LogP) is 5.03. The van der Waals surface area contributed by atoms with Gasteiger partial charge in [0, 0.05) is 11.8 Å². The third-order valence-electron chi connectivity index (χ3n) is 3.71. The van der Waals surface area contributed by atoms with Gasteiger partial charge in [-0.1, -0.05) is 11.6 Å². The molecule has 0 spiro atoms. The van der Waals surface area contributed by atoms with E-state index in [-0.39, 0.29) is 34.2 Å². The minimum atomic E-state index is -3.72. The molecule has 2 aromatic heterocycles. The number of fused-ring (bicyclic) bond motifs is 1. The number of thiophene rings is 1. The maximum absolute atomic E-state index is 13.1. The average molecular weight is 459 g/mol. The molecule has 0 fully saturated rings. The van der Waals surface area contributed by atoms with Gasteiger partial charge < -0.3 is 20.1 Å². The Balaban J connectivity index is 1.45. The van der Waals surface area contributed by atoms with Crippen LogP contribution in [-0.4, -0.2) is 22.2 Å². The second kappa shape index (κ2) is 7.62. The molecule has 0 bridgehead atoms. The van der Waals surface area contributed by atoms with Crippen molar-refractivity contribution in [2.75, 3.05) is 10.6 Å². The van der Waals surface area contributed by atoms with Crippen molar-refractivity contribution in [2.24, 2.45) is 0 Å². The van der Waals surface area contributed by atoms with Gasteiger partial charge in [0.1, 0.15) is 10.0 Å². The Bertz CT molecular complexity index is 1080. The summed E-state index contributed by atoms with van der Waals surface area (Å²) < 4.78 is 35.0. The highest BCUT2D eigenvalue weighted by molar-refractivity contribution is 7.12. The topological polar surface area (TPSA) is 85.4 Å².